The molecule has 3 aromatic carbocycles. The number of fused-ring (bicyclic) bond motifs is 1. The fourth-order valence-corrected chi connectivity index (χ4v) is 3.71. The van der Waals surface area contributed by atoms with Crippen molar-refractivity contribution in [2.24, 2.45) is 0 Å². The summed E-state index contributed by atoms with van der Waals surface area (Å²) in [5.74, 6) is 0.970. The van der Waals surface area contributed by atoms with Crippen molar-refractivity contribution in [3.8, 4) is 28.4 Å². The summed E-state index contributed by atoms with van der Waals surface area (Å²) in [6, 6.07) is 25.3. The Labute approximate surface area is 180 Å². The highest BCUT2D eigenvalue weighted by atomic mass is 16.7. The molecule has 4 aromatic rings. The summed E-state index contributed by atoms with van der Waals surface area (Å²) < 4.78 is 12.8. The summed E-state index contributed by atoms with van der Waals surface area (Å²) in [6.45, 7) is 0.533. The van der Waals surface area contributed by atoms with E-state index in [1.165, 1.54) is 0 Å². The van der Waals surface area contributed by atoms with E-state index < -0.39 is 0 Å². The van der Waals surface area contributed by atoms with Crippen LogP contribution in [-0.4, -0.2) is 34.4 Å². The minimum atomic E-state index is -0.131. The molecule has 0 unspecified atom stereocenters. The Bertz CT molecular complexity index is 1220. The SMILES string of the molecule is CN(Cc1cn(-c2ccccc2)nc1-c1ccccc1)C(=O)c1cccc2c1OCO2. The number of rotatable bonds is 5. The van der Waals surface area contributed by atoms with Crippen LogP contribution in [0.3, 0.4) is 0 Å². The van der Waals surface area contributed by atoms with Gasteiger partial charge in [0.15, 0.2) is 11.5 Å². The van der Waals surface area contributed by atoms with Crippen molar-refractivity contribution in [3.05, 3.63) is 96.2 Å². The van der Waals surface area contributed by atoms with Crippen LogP contribution in [0.2, 0.25) is 0 Å². The van der Waals surface area contributed by atoms with Gasteiger partial charge in [0.25, 0.3) is 5.91 Å². The minimum absolute atomic E-state index is 0.130. The van der Waals surface area contributed by atoms with Gasteiger partial charge in [-0.1, -0.05) is 54.6 Å². The zero-order valence-corrected chi connectivity index (χ0v) is 17.1. The molecule has 0 radical (unpaired) electrons. The van der Waals surface area contributed by atoms with E-state index >= 15 is 0 Å². The fraction of sp³-hybridized carbons (Fsp3) is 0.120. The van der Waals surface area contributed by atoms with Crippen LogP contribution < -0.4 is 9.47 Å². The van der Waals surface area contributed by atoms with Gasteiger partial charge in [0.1, 0.15) is 0 Å². The lowest BCUT2D eigenvalue weighted by Crippen LogP contribution is -2.26. The maximum Gasteiger partial charge on any atom is 0.257 e. The van der Waals surface area contributed by atoms with Crippen molar-refractivity contribution in [1.82, 2.24) is 14.7 Å². The second kappa shape index (κ2) is 7.99. The van der Waals surface area contributed by atoms with Gasteiger partial charge in [-0.05, 0) is 24.3 Å². The standard InChI is InChI=1S/C25H21N3O3/c1-27(25(29)21-13-8-14-22-24(21)31-17-30-22)15-19-16-28(20-11-6-3-7-12-20)26-23(19)18-9-4-2-5-10-18/h2-14,16H,15,17H2,1H3. The number of carbonyl (C=O) groups is 1. The van der Waals surface area contributed by atoms with Gasteiger partial charge in [0.05, 0.1) is 16.9 Å². The van der Waals surface area contributed by atoms with E-state index in [0.717, 1.165) is 22.5 Å². The molecule has 0 spiro atoms. The largest absolute Gasteiger partial charge is 0.454 e. The lowest BCUT2D eigenvalue weighted by Gasteiger charge is -2.18. The van der Waals surface area contributed by atoms with Crippen LogP contribution in [0.4, 0.5) is 0 Å². The molecular weight excluding hydrogens is 390 g/mol. The van der Waals surface area contributed by atoms with Crippen molar-refractivity contribution < 1.29 is 14.3 Å². The first-order valence-electron chi connectivity index (χ1n) is 10.0. The highest BCUT2D eigenvalue weighted by Crippen LogP contribution is 2.36. The number of nitrogens with zero attached hydrogens (tertiary/aromatic N) is 3. The molecule has 0 N–H and O–H groups in total. The number of amides is 1. The van der Waals surface area contributed by atoms with Gasteiger partial charge in [-0.2, -0.15) is 5.10 Å². The predicted octanol–water partition coefficient (Wildman–Crippen LogP) is 4.54. The van der Waals surface area contributed by atoms with Crippen molar-refractivity contribution >= 4 is 5.91 Å². The molecular formula is C25H21N3O3. The molecule has 0 fully saturated rings. The molecule has 0 saturated heterocycles. The Morgan fingerprint density at radius 2 is 1.71 bits per heavy atom. The summed E-state index contributed by atoms with van der Waals surface area (Å²) in [6.07, 6.45) is 1.98. The molecule has 0 bridgehead atoms. The molecule has 2 heterocycles. The second-order valence-electron chi connectivity index (χ2n) is 7.35. The van der Waals surface area contributed by atoms with Crippen LogP contribution in [0.25, 0.3) is 16.9 Å². The molecule has 1 aliphatic rings. The smallest absolute Gasteiger partial charge is 0.257 e. The molecule has 5 rings (SSSR count). The van der Waals surface area contributed by atoms with E-state index in [2.05, 4.69) is 0 Å². The van der Waals surface area contributed by atoms with Gasteiger partial charge >= 0.3 is 0 Å². The van der Waals surface area contributed by atoms with E-state index in [1.54, 1.807) is 30.1 Å². The zero-order valence-electron chi connectivity index (χ0n) is 17.1. The molecule has 1 aliphatic heterocycles. The Morgan fingerprint density at radius 3 is 2.48 bits per heavy atom. The number of hydrogen-bond donors (Lipinski definition) is 0. The van der Waals surface area contributed by atoms with Gasteiger partial charge in [0, 0.05) is 30.9 Å². The molecule has 6 nitrogen and oxygen atoms in total. The lowest BCUT2D eigenvalue weighted by atomic mass is 10.1. The third-order valence-electron chi connectivity index (χ3n) is 5.24. The van der Waals surface area contributed by atoms with Crippen LogP contribution in [-0.2, 0) is 6.54 Å². The summed E-state index contributed by atoms with van der Waals surface area (Å²) in [5.41, 5.74) is 4.27. The minimum Gasteiger partial charge on any atom is -0.454 e. The molecule has 1 aromatic heterocycles. The van der Waals surface area contributed by atoms with E-state index in [9.17, 15) is 4.79 Å². The number of ether oxygens (including phenoxy) is 2. The Hall–Kier alpha value is -4.06. The topological polar surface area (TPSA) is 56.6 Å². The quantitative estimate of drug-likeness (QED) is 0.484. The first-order chi connectivity index (χ1) is 15.2. The van der Waals surface area contributed by atoms with Gasteiger partial charge in [-0.3, -0.25) is 4.79 Å². The van der Waals surface area contributed by atoms with Crippen LogP contribution in [0.15, 0.2) is 85.1 Å². The summed E-state index contributed by atoms with van der Waals surface area (Å²) in [4.78, 5) is 14.9. The first-order valence-corrected chi connectivity index (χ1v) is 10.0. The van der Waals surface area contributed by atoms with E-state index in [0.29, 0.717) is 23.6 Å². The monoisotopic (exact) mass is 411 g/mol. The van der Waals surface area contributed by atoms with E-state index in [4.69, 9.17) is 14.6 Å². The van der Waals surface area contributed by atoms with E-state index in [-0.39, 0.29) is 12.7 Å². The van der Waals surface area contributed by atoms with Crippen molar-refractivity contribution in [2.75, 3.05) is 13.8 Å². The summed E-state index contributed by atoms with van der Waals surface area (Å²) in [5, 5.41) is 4.83. The number of carbonyl (C=O) groups excluding carboxylic acids is 1. The molecule has 1 amide bonds. The highest BCUT2D eigenvalue weighted by molar-refractivity contribution is 5.97. The van der Waals surface area contributed by atoms with Crippen molar-refractivity contribution in [3.63, 3.8) is 0 Å². The maximum absolute atomic E-state index is 13.2. The number of aromatic nitrogens is 2. The Balaban J connectivity index is 1.49. The van der Waals surface area contributed by atoms with Crippen molar-refractivity contribution in [1.29, 1.82) is 0 Å². The Kier molecular flexibility index (Phi) is 4.88. The molecule has 0 saturated carbocycles. The highest BCUT2D eigenvalue weighted by Gasteiger charge is 2.25. The average molecular weight is 411 g/mol. The molecule has 0 atom stereocenters. The Morgan fingerprint density at radius 1 is 0.968 bits per heavy atom. The van der Waals surface area contributed by atoms with Gasteiger partial charge in [-0.15, -0.1) is 0 Å². The second-order valence-corrected chi connectivity index (χ2v) is 7.35. The van der Waals surface area contributed by atoms with E-state index in [1.807, 2.05) is 71.5 Å². The van der Waals surface area contributed by atoms with Crippen LogP contribution >= 0.6 is 0 Å². The van der Waals surface area contributed by atoms with Crippen LogP contribution in [0.5, 0.6) is 11.5 Å². The number of benzene rings is 3. The number of para-hydroxylation sites is 2. The normalized spacial score (nSPS) is 12.0. The average Bonchev–Trinajstić information content (AvgIpc) is 3.47. The predicted molar refractivity (Wildman–Crippen MR) is 117 cm³/mol. The lowest BCUT2D eigenvalue weighted by molar-refractivity contribution is 0.0780. The molecule has 0 aliphatic carbocycles. The molecule has 6 heteroatoms. The first kappa shape index (κ1) is 18.9. The van der Waals surface area contributed by atoms with Gasteiger partial charge in [0.2, 0.25) is 6.79 Å². The molecule has 154 valence electrons. The third kappa shape index (κ3) is 3.64. The summed E-state index contributed by atoms with van der Waals surface area (Å²) >= 11 is 0. The zero-order chi connectivity index (χ0) is 21.2. The van der Waals surface area contributed by atoms with Crippen LogP contribution in [0.1, 0.15) is 15.9 Å². The van der Waals surface area contributed by atoms with Crippen LogP contribution in [0, 0.1) is 0 Å². The van der Waals surface area contributed by atoms with Gasteiger partial charge < -0.3 is 14.4 Å². The number of hydrogen-bond acceptors (Lipinski definition) is 4. The third-order valence-corrected chi connectivity index (χ3v) is 5.24. The van der Waals surface area contributed by atoms with Crippen molar-refractivity contribution in [2.45, 2.75) is 6.54 Å². The molecule has 31 heavy (non-hydrogen) atoms. The maximum atomic E-state index is 13.2. The summed E-state index contributed by atoms with van der Waals surface area (Å²) in [7, 11) is 1.78. The van der Waals surface area contributed by atoms with Gasteiger partial charge in [-0.25, -0.2) is 4.68 Å². The fourth-order valence-electron chi connectivity index (χ4n) is 3.71.